The minimum absolute atomic E-state index is 0.00828. The lowest BCUT2D eigenvalue weighted by molar-refractivity contribution is -0.142. The van der Waals surface area contributed by atoms with Gasteiger partial charge in [-0.3, -0.25) is 14.4 Å². The summed E-state index contributed by atoms with van der Waals surface area (Å²) in [6, 6.07) is 1.62. The van der Waals surface area contributed by atoms with Crippen LogP contribution in [0.1, 0.15) is 23.4 Å². The van der Waals surface area contributed by atoms with Gasteiger partial charge in [0.2, 0.25) is 17.7 Å². The first-order chi connectivity index (χ1) is 19.7. The molecule has 0 radical (unpaired) electrons. The fourth-order valence-electron chi connectivity index (χ4n) is 3.94. The summed E-state index contributed by atoms with van der Waals surface area (Å²) in [4.78, 5) is 65.1. The Morgan fingerprint density at radius 3 is 1.93 bits per heavy atom. The van der Waals surface area contributed by atoms with E-state index in [0.717, 1.165) is 0 Å². The van der Waals surface area contributed by atoms with Crippen molar-refractivity contribution < 1.29 is 29.4 Å². The molecule has 1 aromatic carbocycles. The molecule has 4 unspecified atom stereocenters. The number of H-pyrrole nitrogens is 2. The normalized spacial score (nSPS) is 13.9. The van der Waals surface area contributed by atoms with E-state index in [1.165, 1.54) is 48.9 Å². The van der Waals surface area contributed by atoms with E-state index >= 15 is 0 Å². The number of amides is 3. The van der Waals surface area contributed by atoms with Crippen LogP contribution in [-0.2, 0) is 38.4 Å². The topological polar surface area (TPSA) is 228 Å². The number of phenols is 1. The predicted octanol–water partition coefficient (Wildman–Crippen LogP) is -0.514. The van der Waals surface area contributed by atoms with Crippen molar-refractivity contribution in [2.45, 2.75) is 49.9 Å². The van der Waals surface area contributed by atoms with E-state index in [2.05, 4.69) is 35.9 Å². The number of hydrogen-bond acceptors (Lipinski definition) is 9. The molecule has 0 saturated carbocycles. The second kappa shape index (κ2) is 15.4. The summed E-state index contributed by atoms with van der Waals surface area (Å²) in [5, 5.41) is 27.0. The van der Waals surface area contributed by atoms with Crippen molar-refractivity contribution in [3.63, 3.8) is 0 Å². The van der Waals surface area contributed by atoms with Crippen molar-refractivity contribution in [3.8, 4) is 5.75 Å². The number of aromatic nitrogens is 4. The summed E-state index contributed by atoms with van der Waals surface area (Å²) >= 11 is 1.44. The molecule has 0 aliphatic heterocycles. The van der Waals surface area contributed by atoms with Crippen molar-refractivity contribution in [2.75, 3.05) is 12.0 Å². The Bertz CT molecular complexity index is 1270. The minimum atomic E-state index is -1.19. The molecule has 2 aromatic heterocycles. The number of benzene rings is 1. The summed E-state index contributed by atoms with van der Waals surface area (Å²) in [6.45, 7) is 0. The van der Waals surface area contributed by atoms with Crippen LogP contribution in [0, 0.1) is 0 Å². The largest absolute Gasteiger partial charge is 0.508 e. The first kappa shape index (κ1) is 31.2. The van der Waals surface area contributed by atoms with Gasteiger partial charge in [0.15, 0.2) is 0 Å². The lowest BCUT2D eigenvalue weighted by Crippen LogP contribution is -2.58. The zero-order chi connectivity index (χ0) is 29.8. The van der Waals surface area contributed by atoms with Gasteiger partial charge in [-0.15, -0.1) is 0 Å². The Kier molecular flexibility index (Phi) is 11.7. The highest BCUT2D eigenvalue weighted by Gasteiger charge is 2.31. The number of carbonyl (C=O) groups is 4. The van der Waals surface area contributed by atoms with Crippen molar-refractivity contribution in [2.24, 2.45) is 5.73 Å². The summed E-state index contributed by atoms with van der Waals surface area (Å²) in [6.07, 6.45) is 8.09. The van der Waals surface area contributed by atoms with Gasteiger partial charge in [-0.05, 0) is 36.1 Å². The molecule has 15 heteroatoms. The first-order valence-corrected chi connectivity index (χ1v) is 14.2. The molecule has 3 aromatic rings. The molecular formula is C26H34N8O6S. The average Bonchev–Trinajstić information content (AvgIpc) is 3.65. The Morgan fingerprint density at radius 1 is 0.854 bits per heavy atom. The molecule has 0 aliphatic rings. The Balaban J connectivity index is 1.80. The molecule has 3 rings (SSSR count). The molecule has 41 heavy (non-hydrogen) atoms. The second-order valence-corrected chi connectivity index (χ2v) is 10.3. The van der Waals surface area contributed by atoms with Crippen LogP contribution in [0.15, 0.2) is 49.3 Å². The van der Waals surface area contributed by atoms with Gasteiger partial charge in [-0.1, -0.05) is 12.1 Å². The average molecular weight is 587 g/mol. The van der Waals surface area contributed by atoms with Crippen LogP contribution < -0.4 is 21.7 Å². The van der Waals surface area contributed by atoms with E-state index in [4.69, 9.17) is 5.73 Å². The lowest BCUT2D eigenvalue weighted by atomic mass is 10.0. The molecule has 0 spiro atoms. The number of thioether (sulfide) groups is 1. The van der Waals surface area contributed by atoms with E-state index in [1.54, 1.807) is 12.1 Å². The highest BCUT2D eigenvalue weighted by atomic mass is 32.2. The number of hydrogen-bond donors (Lipinski definition) is 8. The molecule has 0 aliphatic carbocycles. The summed E-state index contributed by atoms with van der Waals surface area (Å²) in [7, 11) is 0. The zero-order valence-corrected chi connectivity index (χ0v) is 23.2. The predicted molar refractivity (Wildman–Crippen MR) is 151 cm³/mol. The van der Waals surface area contributed by atoms with E-state index in [9.17, 15) is 29.4 Å². The Hall–Kier alpha value is -4.37. The fraction of sp³-hybridized carbons (Fsp3) is 0.385. The number of nitrogens with zero attached hydrogens (tertiary/aromatic N) is 2. The van der Waals surface area contributed by atoms with Crippen LogP contribution in [0.2, 0.25) is 0 Å². The van der Waals surface area contributed by atoms with Crippen molar-refractivity contribution in [1.82, 2.24) is 35.9 Å². The molecule has 2 heterocycles. The van der Waals surface area contributed by atoms with E-state index < -0.39 is 47.9 Å². The quantitative estimate of drug-likeness (QED) is 0.107. The highest BCUT2D eigenvalue weighted by molar-refractivity contribution is 7.98. The number of carboxylic acid groups (broad SMARTS) is 1. The third kappa shape index (κ3) is 9.95. The van der Waals surface area contributed by atoms with Gasteiger partial charge >= 0.3 is 5.97 Å². The van der Waals surface area contributed by atoms with Crippen molar-refractivity contribution in [1.29, 1.82) is 0 Å². The third-order valence-corrected chi connectivity index (χ3v) is 6.82. The standard InChI is InChI=1S/C26H34N8O6S/c1-41-7-6-20(26(39)40)32-25(38)22(10-17-12-29-14-31-17)34-24(37)21(8-15-2-4-18(35)5-3-15)33-23(36)19(27)9-16-11-28-13-30-16/h2-5,11-14,19-22,35H,6-10,27H2,1H3,(H,28,30)(H,29,31)(H,32,38)(H,33,36)(H,34,37)(H,39,40). The van der Waals surface area contributed by atoms with E-state index in [1.807, 2.05) is 6.26 Å². The smallest absolute Gasteiger partial charge is 0.326 e. The second-order valence-electron chi connectivity index (χ2n) is 9.34. The molecule has 220 valence electrons. The number of carbonyl (C=O) groups excluding carboxylic acids is 3. The highest BCUT2D eigenvalue weighted by Crippen LogP contribution is 2.12. The van der Waals surface area contributed by atoms with E-state index in [-0.39, 0.29) is 31.4 Å². The number of nitrogens with one attached hydrogen (secondary N) is 5. The number of aromatic amines is 2. The van der Waals surface area contributed by atoms with Crippen LogP contribution in [0.25, 0.3) is 0 Å². The third-order valence-electron chi connectivity index (χ3n) is 6.18. The summed E-state index contributed by atoms with van der Waals surface area (Å²) in [5.41, 5.74) is 7.87. The molecule has 0 saturated heterocycles. The molecule has 4 atom stereocenters. The molecule has 14 nitrogen and oxygen atoms in total. The summed E-state index contributed by atoms with van der Waals surface area (Å²) < 4.78 is 0. The van der Waals surface area contributed by atoms with Crippen LogP contribution in [-0.4, -0.2) is 90.0 Å². The van der Waals surface area contributed by atoms with Crippen molar-refractivity contribution >= 4 is 35.5 Å². The van der Waals surface area contributed by atoms with Crippen LogP contribution in [0.3, 0.4) is 0 Å². The van der Waals surface area contributed by atoms with Gasteiger partial charge in [-0.25, -0.2) is 14.8 Å². The first-order valence-electron chi connectivity index (χ1n) is 12.8. The maximum absolute atomic E-state index is 13.6. The molecule has 3 amide bonds. The number of aliphatic carboxylic acids is 1. The zero-order valence-electron chi connectivity index (χ0n) is 22.4. The lowest BCUT2D eigenvalue weighted by Gasteiger charge is -2.25. The van der Waals surface area contributed by atoms with Crippen LogP contribution >= 0.6 is 11.8 Å². The Morgan fingerprint density at radius 2 is 1.39 bits per heavy atom. The fourth-order valence-corrected chi connectivity index (χ4v) is 4.42. The maximum atomic E-state index is 13.6. The monoisotopic (exact) mass is 586 g/mol. The number of aromatic hydroxyl groups is 1. The van der Waals surface area contributed by atoms with Crippen LogP contribution in [0.4, 0.5) is 0 Å². The van der Waals surface area contributed by atoms with Gasteiger partial charge < -0.3 is 41.9 Å². The SMILES string of the molecule is CSCCC(NC(=O)C(Cc1cnc[nH]1)NC(=O)C(Cc1ccc(O)cc1)NC(=O)C(N)Cc1cnc[nH]1)C(=O)O. The number of imidazole rings is 2. The van der Waals surface area contributed by atoms with E-state index in [0.29, 0.717) is 22.7 Å². The number of carboxylic acids is 1. The number of nitrogens with two attached hydrogens (primary N) is 1. The molecular weight excluding hydrogens is 552 g/mol. The molecule has 0 fully saturated rings. The Labute approximate surface area is 240 Å². The van der Waals surface area contributed by atoms with Crippen LogP contribution in [0.5, 0.6) is 5.75 Å². The maximum Gasteiger partial charge on any atom is 0.326 e. The number of rotatable bonds is 16. The molecule has 0 bridgehead atoms. The van der Waals surface area contributed by atoms with Crippen molar-refractivity contribution in [3.05, 3.63) is 66.3 Å². The van der Waals surface area contributed by atoms with Gasteiger partial charge in [-0.2, -0.15) is 11.8 Å². The molecule has 9 N–H and O–H groups in total. The summed E-state index contributed by atoms with van der Waals surface area (Å²) in [5.74, 6) is -2.64. The van der Waals surface area contributed by atoms with Gasteiger partial charge in [0.05, 0.1) is 18.7 Å². The van der Waals surface area contributed by atoms with Gasteiger partial charge in [0, 0.05) is 43.0 Å². The van der Waals surface area contributed by atoms with Gasteiger partial charge in [0.25, 0.3) is 0 Å². The number of phenolic OH excluding ortho intramolecular Hbond substituents is 1. The minimum Gasteiger partial charge on any atom is -0.508 e. The van der Waals surface area contributed by atoms with Gasteiger partial charge in [0.1, 0.15) is 23.9 Å².